The van der Waals surface area contributed by atoms with Crippen molar-refractivity contribution in [2.45, 2.75) is 57.5 Å². The topological polar surface area (TPSA) is 47.6 Å². The summed E-state index contributed by atoms with van der Waals surface area (Å²) >= 11 is 1.91. The number of esters is 1. The highest BCUT2D eigenvalue weighted by atomic mass is 32.2. The number of rotatable bonds is 12. The Morgan fingerprint density at radius 1 is 1.35 bits per heavy atom. The highest BCUT2D eigenvalue weighted by Crippen LogP contribution is 2.26. The first-order valence-corrected chi connectivity index (χ1v) is 8.79. The molecule has 1 saturated carbocycles. The predicted molar refractivity (Wildman–Crippen MR) is 84.2 cm³/mol. The van der Waals surface area contributed by atoms with Crippen molar-refractivity contribution in [2.24, 2.45) is 0 Å². The standard InChI is InChI=1S/C15H29NO3S/c1-4-19-14(17)15(2,16-13-7-8-13)9-5-6-11-20-12-10-18-3/h13,16H,4-12H2,1-3H3. The summed E-state index contributed by atoms with van der Waals surface area (Å²) < 4.78 is 10.2. The summed E-state index contributed by atoms with van der Waals surface area (Å²) in [6.45, 7) is 5.12. The Morgan fingerprint density at radius 2 is 2.10 bits per heavy atom. The zero-order valence-corrected chi connectivity index (χ0v) is 13.9. The number of nitrogens with one attached hydrogen (secondary N) is 1. The van der Waals surface area contributed by atoms with Crippen molar-refractivity contribution in [3.05, 3.63) is 0 Å². The van der Waals surface area contributed by atoms with E-state index in [-0.39, 0.29) is 5.97 Å². The van der Waals surface area contributed by atoms with Crippen molar-refractivity contribution in [1.29, 1.82) is 0 Å². The lowest BCUT2D eigenvalue weighted by Crippen LogP contribution is -2.51. The summed E-state index contributed by atoms with van der Waals surface area (Å²) in [6.07, 6.45) is 5.40. The normalized spacial score (nSPS) is 17.8. The maximum absolute atomic E-state index is 12.1. The van der Waals surface area contributed by atoms with Crippen LogP contribution < -0.4 is 5.32 Å². The molecule has 1 rings (SSSR count). The molecule has 0 aromatic rings. The van der Waals surface area contributed by atoms with Gasteiger partial charge in [0.2, 0.25) is 0 Å². The lowest BCUT2D eigenvalue weighted by atomic mass is 9.94. The Kier molecular flexibility index (Phi) is 8.57. The van der Waals surface area contributed by atoms with E-state index >= 15 is 0 Å². The van der Waals surface area contributed by atoms with Gasteiger partial charge in [0.05, 0.1) is 13.2 Å². The highest BCUT2D eigenvalue weighted by molar-refractivity contribution is 7.99. The van der Waals surface area contributed by atoms with E-state index in [9.17, 15) is 4.79 Å². The molecule has 118 valence electrons. The quantitative estimate of drug-likeness (QED) is 0.443. The molecular weight excluding hydrogens is 274 g/mol. The molecule has 1 atom stereocenters. The number of carbonyl (C=O) groups excluding carboxylic acids is 1. The minimum absolute atomic E-state index is 0.0982. The first-order valence-electron chi connectivity index (χ1n) is 7.64. The number of hydrogen-bond acceptors (Lipinski definition) is 5. The maximum Gasteiger partial charge on any atom is 0.326 e. The minimum Gasteiger partial charge on any atom is -0.465 e. The molecule has 20 heavy (non-hydrogen) atoms. The zero-order chi connectivity index (χ0) is 14.8. The average molecular weight is 303 g/mol. The van der Waals surface area contributed by atoms with E-state index in [0.29, 0.717) is 12.6 Å². The van der Waals surface area contributed by atoms with Crippen LogP contribution in [0.2, 0.25) is 0 Å². The van der Waals surface area contributed by atoms with Gasteiger partial charge < -0.3 is 9.47 Å². The average Bonchev–Trinajstić information content (AvgIpc) is 3.22. The summed E-state index contributed by atoms with van der Waals surface area (Å²) in [6, 6.07) is 0.514. The summed E-state index contributed by atoms with van der Waals surface area (Å²) in [4.78, 5) is 12.1. The SMILES string of the molecule is CCOC(=O)C(C)(CCCCSCCOC)NC1CC1. The molecule has 1 aliphatic carbocycles. The van der Waals surface area contributed by atoms with Gasteiger partial charge in [0.1, 0.15) is 5.54 Å². The Labute approximate surface area is 127 Å². The van der Waals surface area contributed by atoms with Crippen LogP contribution in [0.5, 0.6) is 0 Å². The van der Waals surface area contributed by atoms with Crippen molar-refractivity contribution < 1.29 is 14.3 Å². The van der Waals surface area contributed by atoms with Gasteiger partial charge in [0.25, 0.3) is 0 Å². The third kappa shape index (κ3) is 6.95. The maximum atomic E-state index is 12.1. The molecule has 0 aliphatic heterocycles. The molecule has 0 aromatic carbocycles. The van der Waals surface area contributed by atoms with Crippen LogP contribution >= 0.6 is 11.8 Å². The minimum atomic E-state index is -0.506. The highest BCUT2D eigenvalue weighted by Gasteiger charge is 2.38. The second kappa shape index (κ2) is 9.64. The van der Waals surface area contributed by atoms with E-state index in [1.807, 2.05) is 25.6 Å². The van der Waals surface area contributed by atoms with Crippen LogP contribution in [0, 0.1) is 0 Å². The van der Waals surface area contributed by atoms with Gasteiger partial charge in [-0.05, 0) is 45.3 Å². The molecule has 1 fully saturated rings. The van der Waals surface area contributed by atoms with Crippen LogP contribution in [-0.4, -0.2) is 49.4 Å². The van der Waals surface area contributed by atoms with Crippen LogP contribution in [-0.2, 0) is 14.3 Å². The van der Waals surface area contributed by atoms with Crippen LogP contribution in [0.3, 0.4) is 0 Å². The van der Waals surface area contributed by atoms with Gasteiger partial charge in [-0.15, -0.1) is 0 Å². The molecule has 0 radical (unpaired) electrons. The molecule has 5 heteroatoms. The molecule has 0 amide bonds. The fourth-order valence-electron chi connectivity index (χ4n) is 2.13. The lowest BCUT2D eigenvalue weighted by molar-refractivity contribution is -0.151. The largest absolute Gasteiger partial charge is 0.465 e. The van der Waals surface area contributed by atoms with Crippen LogP contribution in [0.4, 0.5) is 0 Å². The fourth-order valence-corrected chi connectivity index (χ4v) is 3.03. The number of thioether (sulfide) groups is 1. The van der Waals surface area contributed by atoms with E-state index in [0.717, 1.165) is 37.4 Å². The van der Waals surface area contributed by atoms with Crippen LogP contribution in [0.25, 0.3) is 0 Å². The Hall–Kier alpha value is -0.260. The second-order valence-corrected chi connectivity index (χ2v) is 6.76. The van der Waals surface area contributed by atoms with Crippen molar-refractivity contribution in [2.75, 3.05) is 31.8 Å². The zero-order valence-electron chi connectivity index (χ0n) is 13.1. The predicted octanol–water partition coefficient (Wildman–Crippen LogP) is 2.61. The van der Waals surface area contributed by atoms with Gasteiger partial charge in [0, 0.05) is 18.9 Å². The Balaban J connectivity index is 2.23. The van der Waals surface area contributed by atoms with Gasteiger partial charge in [-0.25, -0.2) is 0 Å². The first-order chi connectivity index (χ1) is 9.62. The molecule has 0 bridgehead atoms. The van der Waals surface area contributed by atoms with E-state index in [4.69, 9.17) is 9.47 Å². The van der Waals surface area contributed by atoms with Gasteiger partial charge in [-0.3, -0.25) is 10.1 Å². The van der Waals surface area contributed by atoms with Gasteiger partial charge in [-0.1, -0.05) is 6.42 Å². The summed E-state index contributed by atoms with van der Waals surface area (Å²) in [5.74, 6) is 2.08. The fraction of sp³-hybridized carbons (Fsp3) is 0.933. The monoisotopic (exact) mass is 303 g/mol. The van der Waals surface area contributed by atoms with Crippen molar-refractivity contribution in [3.63, 3.8) is 0 Å². The Bertz CT molecular complexity index is 284. The third-order valence-electron chi connectivity index (χ3n) is 3.47. The van der Waals surface area contributed by atoms with Gasteiger partial charge in [-0.2, -0.15) is 11.8 Å². The third-order valence-corrected chi connectivity index (χ3v) is 4.51. The number of hydrogen-bond donors (Lipinski definition) is 1. The molecule has 4 nitrogen and oxygen atoms in total. The molecular formula is C15H29NO3S. The van der Waals surface area contributed by atoms with Crippen LogP contribution in [0.1, 0.15) is 46.0 Å². The Morgan fingerprint density at radius 3 is 2.70 bits per heavy atom. The molecule has 0 heterocycles. The summed E-state index contributed by atoms with van der Waals surface area (Å²) in [5.41, 5.74) is -0.506. The lowest BCUT2D eigenvalue weighted by Gasteiger charge is -2.28. The molecule has 1 N–H and O–H groups in total. The van der Waals surface area contributed by atoms with Gasteiger partial charge in [0.15, 0.2) is 0 Å². The smallest absolute Gasteiger partial charge is 0.326 e. The molecule has 0 aromatic heterocycles. The molecule has 1 unspecified atom stereocenters. The molecule has 1 aliphatic rings. The number of methoxy groups -OCH3 is 1. The van der Waals surface area contributed by atoms with Gasteiger partial charge >= 0.3 is 5.97 Å². The summed E-state index contributed by atoms with van der Waals surface area (Å²) in [7, 11) is 1.73. The van der Waals surface area contributed by atoms with E-state index < -0.39 is 5.54 Å². The summed E-state index contributed by atoms with van der Waals surface area (Å²) in [5, 5.41) is 3.46. The molecule has 0 spiro atoms. The first kappa shape index (κ1) is 17.8. The van der Waals surface area contributed by atoms with E-state index in [1.165, 1.54) is 12.8 Å². The van der Waals surface area contributed by atoms with Crippen molar-refractivity contribution in [1.82, 2.24) is 5.32 Å². The number of unbranched alkanes of at least 4 members (excludes halogenated alkanes) is 1. The molecule has 0 saturated heterocycles. The van der Waals surface area contributed by atoms with E-state index in [2.05, 4.69) is 5.32 Å². The van der Waals surface area contributed by atoms with E-state index in [1.54, 1.807) is 7.11 Å². The van der Waals surface area contributed by atoms with Crippen molar-refractivity contribution in [3.8, 4) is 0 Å². The second-order valence-electron chi connectivity index (χ2n) is 5.53. The number of ether oxygens (including phenoxy) is 2. The van der Waals surface area contributed by atoms with Crippen LogP contribution in [0.15, 0.2) is 0 Å². The van der Waals surface area contributed by atoms with Crippen molar-refractivity contribution >= 4 is 17.7 Å². The number of carbonyl (C=O) groups is 1.